The molecule has 6 heteroatoms. The molecular formula is C27H27N3O3. The Morgan fingerprint density at radius 1 is 0.727 bits per heavy atom. The van der Waals surface area contributed by atoms with Crippen LogP contribution in [0.3, 0.4) is 0 Å². The number of aryl methyl sites for hydroxylation is 2. The number of ether oxygens (including phenoxy) is 2. The van der Waals surface area contributed by atoms with Crippen LogP contribution in [0.5, 0.6) is 11.5 Å². The molecule has 0 saturated heterocycles. The summed E-state index contributed by atoms with van der Waals surface area (Å²) in [6, 6.07) is 21.0. The lowest BCUT2D eigenvalue weighted by Gasteiger charge is -2.23. The van der Waals surface area contributed by atoms with Crippen LogP contribution in [-0.4, -0.2) is 35.0 Å². The van der Waals surface area contributed by atoms with Crippen LogP contribution in [0.25, 0.3) is 11.0 Å². The lowest BCUT2D eigenvalue weighted by atomic mass is 10.1. The second-order valence-corrected chi connectivity index (χ2v) is 7.96. The predicted octanol–water partition coefficient (Wildman–Crippen LogP) is 5.11. The van der Waals surface area contributed by atoms with Gasteiger partial charge in [0.25, 0.3) is 5.91 Å². The topological polar surface area (TPSA) is 64.6 Å². The molecule has 4 aromatic rings. The fourth-order valence-electron chi connectivity index (χ4n) is 3.65. The number of fused-ring (bicyclic) bond motifs is 1. The van der Waals surface area contributed by atoms with Gasteiger partial charge in [-0.1, -0.05) is 24.3 Å². The van der Waals surface area contributed by atoms with Gasteiger partial charge in [0, 0.05) is 18.7 Å². The fourth-order valence-corrected chi connectivity index (χ4v) is 3.65. The van der Waals surface area contributed by atoms with Crippen molar-refractivity contribution in [1.82, 2.24) is 14.9 Å². The van der Waals surface area contributed by atoms with Crippen molar-refractivity contribution in [3.05, 3.63) is 94.8 Å². The van der Waals surface area contributed by atoms with Gasteiger partial charge in [0.15, 0.2) is 0 Å². The first-order chi connectivity index (χ1) is 16.0. The summed E-state index contributed by atoms with van der Waals surface area (Å²) >= 11 is 0. The summed E-state index contributed by atoms with van der Waals surface area (Å²) in [7, 11) is 3.28. The van der Waals surface area contributed by atoms with Gasteiger partial charge in [-0.2, -0.15) is 0 Å². The molecular weight excluding hydrogens is 414 g/mol. The van der Waals surface area contributed by atoms with Gasteiger partial charge >= 0.3 is 0 Å². The maximum absolute atomic E-state index is 13.6. The van der Waals surface area contributed by atoms with Crippen LogP contribution in [-0.2, 0) is 13.1 Å². The van der Waals surface area contributed by atoms with E-state index in [9.17, 15) is 4.79 Å². The predicted molar refractivity (Wildman–Crippen MR) is 129 cm³/mol. The summed E-state index contributed by atoms with van der Waals surface area (Å²) in [5.41, 5.74) is 5.88. The Balaban J connectivity index is 1.66. The highest BCUT2D eigenvalue weighted by Gasteiger charge is 2.18. The van der Waals surface area contributed by atoms with Gasteiger partial charge in [0.1, 0.15) is 11.5 Å². The van der Waals surface area contributed by atoms with E-state index in [1.54, 1.807) is 14.2 Å². The molecule has 0 aliphatic carbocycles. The van der Waals surface area contributed by atoms with Crippen LogP contribution in [0, 0.1) is 13.8 Å². The average Bonchev–Trinajstić information content (AvgIpc) is 2.84. The molecule has 0 spiro atoms. The van der Waals surface area contributed by atoms with E-state index in [2.05, 4.69) is 9.97 Å². The van der Waals surface area contributed by atoms with Crippen LogP contribution < -0.4 is 9.47 Å². The summed E-state index contributed by atoms with van der Waals surface area (Å²) < 4.78 is 10.5. The number of aromatic nitrogens is 2. The van der Waals surface area contributed by atoms with Crippen LogP contribution in [0.1, 0.15) is 32.9 Å². The molecule has 0 unspecified atom stereocenters. The second-order valence-electron chi connectivity index (χ2n) is 7.96. The molecule has 0 radical (unpaired) electrons. The lowest BCUT2D eigenvalue weighted by molar-refractivity contribution is 0.0730. The van der Waals surface area contributed by atoms with Gasteiger partial charge in [-0.15, -0.1) is 0 Å². The summed E-state index contributed by atoms with van der Waals surface area (Å²) in [6.45, 7) is 4.79. The monoisotopic (exact) mass is 441 g/mol. The van der Waals surface area contributed by atoms with Gasteiger partial charge in [-0.05, 0) is 67.4 Å². The number of carbonyl (C=O) groups is 1. The van der Waals surface area contributed by atoms with Gasteiger partial charge in [-0.3, -0.25) is 4.79 Å². The van der Waals surface area contributed by atoms with E-state index in [1.165, 1.54) is 0 Å². The number of hydrogen-bond donors (Lipinski definition) is 0. The number of rotatable bonds is 7. The number of carbonyl (C=O) groups excluding carboxylic acids is 1. The first-order valence-electron chi connectivity index (χ1n) is 10.8. The third-order valence-electron chi connectivity index (χ3n) is 5.67. The highest BCUT2D eigenvalue weighted by Crippen LogP contribution is 2.21. The molecule has 0 atom stereocenters. The lowest BCUT2D eigenvalue weighted by Crippen LogP contribution is -2.30. The van der Waals surface area contributed by atoms with E-state index in [0.717, 1.165) is 45.0 Å². The zero-order valence-corrected chi connectivity index (χ0v) is 19.3. The summed E-state index contributed by atoms with van der Waals surface area (Å²) in [4.78, 5) is 24.7. The Morgan fingerprint density at radius 2 is 1.21 bits per heavy atom. The van der Waals surface area contributed by atoms with E-state index in [0.29, 0.717) is 18.7 Å². The Kier molecular flexibility index (Phi) is 6.54. The van der Waals surface area contributed by atoms with Crippen molar-refractivity contribution in [3.63, 3.8) is 0 Å². The molecule has 4 rings (SSSR count). The number of amides is 1. The number of methoxy groups -OCH3 is 2. The molecule has 0 N–H and O–H groups in total. The minimum atomic E-state index is -0.0661. The Hall–Kier alpha value is -3.93. The fraction of sp³-hybridized carbons (Fsp3) is 0.222. The molecule has 6 nitrogen and oxygen atoms in total. The number of nitrogens with zero attached hydrogens (tertiary/aromatic N) is 3. The molecule has 0 aliphatic rings. The Labute approximate surface area is 193 Å². The van der Waals surface area contributed by atoms with Crippen molar-refractivity contribution in [1.29, 1.82) is 0 Å². The standard InChI is InChI=1S/C27H27N3O3/c1-18-19(2)29-26-15-22(9-14-25(26)28-18)27(31)30(16-20-5-10-23(32-3)11-6-20)17-21-7-12-24(33-4)13-8-21/h5-15H,16-17H2,1-4H3. The Morgan fingerprint density at radius 3 is 1.70 bits per heavy atom. The maximum atomic E-state index is 13.6. The first-order valence-corrected chi connectivity index (χ1v) is 10.8. The Bertz CT molecular complexity index is 1220. The highest BCUT2D eigenvalue weighted by molar-refractivity contribution is 5.97. The molecule has 0 bridgehead atoms. The third kappa shape index (κ3) is 5.12. The van der Waals surface area contributed by atoms with Crippen molar-refractivity contribution in [2.45, 2.75) is 26.9 Å². The average molecular weight is 442 g/mol. The van der Waals surface area contributed by atoms with Crippen molar-refractivity contribution in [2.24, 2.45) is 0 Å². The van der Waals surface area contributed by atoms with Gasteiger partial charge < -0.3 is 14.4 Å². The minimum Gasteiger partial charge on any atom is -0.497 e. The van der Waals surface area contributed by atoms with E-state index in [-0.39, 0.29) is 5.91 Å². The van der Waals surface area contributed by atoms with Crippen molar-refractivity contribution >= 4 is 16.9 Å². The van der Waals surface area contributed by atoms with E-state index in [1.807, 2.05) is 85.5 Å². The summed E-state index contributed by atoms with van der Waals surface area (Å²) in [6.07, 6.45) is 0. The van der Waals surface area contributed by atoms with Gasteiger partial charge in [0.05, 0.1) is 36.6 Å². The van der Waals surface area contributed by atoms with Crippen LogP contribution in [0.4, 0.5) is 0 Å². The quantitative estimate of drug-likeness (QED) is 0.399. The van der Waals surface area contributed by atoms with Crippen LogP contribution in [0.15, 0.2) is 66.7 Å². The molecule has 3 aromatic carbocycles. The molecule has 1 aromatic heterocycles. The minimum absolute atomic E-state index is 0.0661. The second kappa shape index (κ2) is 9.69. The zero-order chi connectivity index (χ0) is 23.4. The largest absolute Gasteiger partial charge is 0.497 e. The van der Waals surface area contributed by atoms with Gasteiger partial charge in [0.2, 0.25) is 0 Å². The van der Waals surface area contributed by atoms with Crippen molar-refractivity contribution < 1.29 is 14.3 Å². The summed E-state index contributed by atoms with van der Waals surface area (Å²) in [5.74, 6) is 1.50. The van der Waals surface area contributed by atoms with Crippen LogP contribution >= 0.6 is 0 Å². The first kappa shape index (κ1) is 22.3. The van der Waals surface area contributed by atoms with Crippen molar-refractivity contribution in [2.75, 3.05) is 14.2 Å². The number of benzene rings is 3. The molecule has 0 aliphatic heterocycles. The molecule has 1 heterocycles. The maximum Gasteiger partial charge on any atom is 0.254 e. The number of hydrogen-bond acceptors (Lipinski definition) is 5. The van der Waals surface area contributed by atoms with Gasteiger partial charge in [-0.25, -0.2) is 9.97 Å². The normalized spacial score (nSPS) is 10.8. The SMILES string of the molecule is COc1ccc(CN(Cc2ccc(OC)cc2)C(=O)c2ccc3nc(C)c(C)nc3c2)cc1. The molecule has 168 valence electrons. The molecule has 33 heavy (non-hydrogen) atoms. The zero-order valence-electron chi connectivity index (χ0n) is 19.3. The summed E-state index contributed by atoms with van der Waals surface area (Å²) in [5, 5.41) is 0. The highest BCUT2D eigenvalue weighted by atomic mass is 16.5. The van der Waals surface area contributed by atoms with Crippen LogP contribution in [0.2, 0.25) is 0 Å². The van der Waals surface area contributed by atoms with E-state index < -0.39 is 0 Å². The molecule has 0 saturated carbocycles. The third-order valence-corrected chi connectivity index (χ3v) is 5.67. The smallest absolute Gasteiger partial charge is 0.254 e. The molecule has 1 amide bonds. The molecule has 0 fully saturated rings. The van der Waals surface area contributed by atoms with E-state index >= 15 is 0 Å². The van der Waals surface area contributed by atoms with Crippen molar-refractivity contribution in [3.8, 4) is 11.5 Å². The van der Waals surface area contributed by atoms with E-state index in [4.69, 9.17) is 9.47 Å².